The largest absolute Gasteiger partial charge is 0.290 e. The van der Waals surface area contributed by atoms with Gasteiger partial charge in [0.1, 0.15) is 0 Å². The number of Topliss-reactive ketones (excluding diaryl/α,β-unsaturated/α-hetero) is 1. The summed E-state index contributed by atoms with van der Waals surface area (Å²) >= 11 is 8.59. The van der Waals surface area contributed by atoms with E-state index in [9.17, 15) is 13.2 Å². The molecule has 0 N–H and O–H groups in total. The van der Waals surface area contributed by atoms with Gasteiger partial charge in [0, 0.05) is 5.56 Å². The molecule has 0 saturated carbocycles. The Hall–Kier alpha value is -0.390. The lowest BCUT2D eigenvalue weighted by Gasteiger charge is -2.17. The van der Waals surface area contributed by atoms with Gasteiger partial charge in [0.2, 0.25) is 5.78 Å². The first-order valence-electron chi connectivity index (χ1n) is 4.53. The molecule has 88 valence electrons. The maximum Gasteiger partial charge on any atom is 0.261 e. The van der Waals surface area contributed by atoms with Crippen LogP contribution in [-0.4, -0.2) is 23.1 Å². The van der Waals surface area contributed by atoms with Crippen LogP contribution in [0.5, 0.6) is 0 Å². The first kappa shape index (κ1) is 13.7. The van der Waals surface area contributed by atoms with Crippen LogP contribution < -0.4 is 0 Å². The minimum atomic E-state index is -3.71. The summed E-state index contributed by atoms with van der Waals surface area (Å²) in [5.41, 5.74) is 0.256. The highest BCUT2D eigenvalue weighted by Gasteiger charge is 2.45. The zero-order valence-corrected chi connectivity index (χ0v) is 11.6. The molecule has 0 spiro atoms. The summed E-state index contributed by atoms with van der Waals surface area (Å²) in [5.74, 6) is -0.878. The van der Waals surface area contributed by atoms with E-state index in [1.807, 2.05) is 0 Å². The van der Waals surface area contributed by atoms with E-state index in [0.717, 1.165) is 0 Å². The zero-order valence-electron chi connectivity index (χ0n) is 8.48. The smallest absolute Gasteiger partial charge is 0.261 e. The van der Waals surface area contributed by atoms with Gasteiger partial charge in [-0.2, -0.15) is 0 Å². The van der Waals surface area contributed by atoms with E-state index >= 15 is 0 Å². The van der Waals surface area contributed by atoms with Gasteiger partial charge in [0.15, 0.2) is 9.84 Å². The molecule has 0 aliphatic rings. The van der Waals surface area contributed by atoms with Crippen molar-refractivity contribution in [3.05, 3.63) is 35.9 Å². The SMILES string of the molecule is CCS(=O)(=O)[C@](Cl)(Br)C(=O)c1ccccc1. The zero-order chi connectivity index (χ0) is 12.4. The van der Waals surface area contributed by atoms with Crippen LogP contribution in [0.2, 0.25) is 0 Å². The minimum Gasteiger partial charge on any atom is -0.290 e. The number of halogens is 2. The van der Waals surface area contributed by atoms with Gasteiger partial charge in [-0.25, -0.2) is 8.42 Å². The van der Waals surface area contributed by atoms with Crippen molar-refractivity contribution >= 4 is 43.2 Å². The molecule has 0 bridgehead atoms. The highest BCUT2D eigenvalue weighted by atomic mass is 79.9. The Balaban J connectivity index is 3.17. The fourth-order valence-electron chi connectivity index (χ4n) is 1.08. The number of benzene rings is 1. The van der Waals surface area contributed by atoms with Crippen molar-refractivity contribution in [2.75, 3.05) is 5.75 Å². The highest BCUT2D eigenvalue weighted by molar-refractivity contribution is 9.12. The van der Waals surface area contributed by atoms with E-state index in [-0.39, 0.29) is 11.3 Å². The number of rotatable bonds is 4. The number of hydrogen-bond donors (Lipinski definition) is 0. The summed E-state index contributed by atoms with van der Waals surface area (Å²) in [6, 6.07) is 8.06. The summed E-state index contributed by atoms with van der Waals surface area (Å²) in [7, 11) is -3.71. The molecule has 0 aromatic heterocycles. The quantitative estimate of drug-likeness (QED) is 0.631. The van der Waals surface area contributed by atoms with Gasteiger partial charge >= 0.3 is 0 Å². The van der Waals surface area contributed by atoms with Crippen LogP contribution in [0.4, 0.5) is 0 Å². The van der Waals surface area contributed by atoms with Crippen molar-refractivity contribution in [3.8, 4) is 0 Å². The van der Waals surface area contributed by atoms with E-state index in [0.29, 0.717) is 0 Å². The second kappa shape index (κ2) is 4.85. The van der Waals surface area contributed by atoms with Gasteiger partial charge in [-0.05, 0) is 15.9 Å². The van der Waals surface area contributed by atoms with E-state index in [4.69, 9.17) is 11.6 Å². The molecule has 0 amide bonds. The van der Waals surface area contributed by atoms with Gasteiger partial charge in [-0.1, -0.05) is 48.9 Å². The summed E-state index contributed by atoms with van der Waals surface area (Å²) in [6.45, 7) is 1.44. The fourth-order valence-corrected chi connectivity index (χ4v) is 3.20. The Kier molecular flexibility index (Phi) is 4.15. The molecular formula is C10H10BrClO3S. The predicted molar refractivity (Wildman–Crippen MR) is 67.7 cm³/mol. The average Bonchev–Trinajstić information content (AvgIpc) is 2.29. The number of alkyl halides is 2. The molecule has 0 fully saturated rings. The molecule has 1 rings (SSSR count). The Morgan fingerprint density at radius 1 is 1.38 bits per heavy atom. The molecule has 0 radical (unpaired) electrons. The predicted octanol–water partition coefficient (Wildman–Crippen LogP) is 2.59. The summed E-state index contributed by atoms with van der Waals surface area (Å²) in [5, 5.41) is 0. The second-order valence-electron chi connectivity index (χ2n) is 3.12. The molecule has 6 heteroatoms. The van der Waals surface area contributed by atoms with Crippen LogP contribution in [0, 0.1) is 0 Å². The van der Waals surface area contributed by atoms with Gasteiger partial charge < -0.3 is 0 Å². The Morgan fingerprint density at radius 2 is 1.88 bits per heavy atom. The minimum absolute atomic E-state index is 0.208. The molecule has 0 aliphatic carbocycles. The first-order valence-corrected chi connectivity index (χ1v) is 7.35. The Bertz CT molecular complexity index is 482. The van der Waals surface area contributed by atoms with Crippen molar-refractivity contribution in [1.82, 2.24) is 0 Å². The van der Waals surface area contributed by atoms with E-state index in [2.05, 4.69) is 15.9 Å². The normalized spacial score (nSPS) is 15.4. The maximum absolute atomic E-state index is 11.9. The summed E-state index contributed by atoms with van der Waals surface area (Å²) in [4.78, 5) is 11.9. The Labute approximate surface area is 108 Å². The van der Waals surface area contributed by atoms with Crippen LogP contribution in [0.25, 0.3) is 0 Å². The number of carbonyl (C=O) groups is 1. The average molecular weight is 326 g/mol. The maximum atomic E-state index is 11.9. The van der Waals surface area contributed by atoms with Gasteiger partial charge in [0.25, 0.3) is 3.12 Å². The molecule has 1 aromatic carbocycles. The second-order valence-corrected chi connectivity index (χ2v) is 8.50. The van der Waals surface area contributed by atoms with Crippen LogP contribution in [0.15, 0.2) is 30.3 Å². The van der Waals surface area contributed by atoms with Crippen LogP contribution >= 0.6 is 27.5 Å². The topological polar surface area (TPSA) is 51.2 Å². The standard InChI is InChI=1S/C10H10BrClO3S/c1-2-16(14,15)10(11,12)9(13)8-6-4-3-5-7-8/h3-7H,2H2,1H3/t10-/m0/s1. The Morgan fingerprint density at radius 3 is 2.31 bits per heavy atom. The molecule has 1 atom stereocenters. The van der Waals surface area contributed by atoms with Crippen LogP contribution in [0.3, 0.4) is 0 Å². The van der Waals surface area contributed by atoms with Gasteiger partial charge in [-0.3, -0.25) is 4.79 Å². The molecule has 3 nitrogen and oxygen atoms in total. The van der Waals surface area contributed by atoms with E-state index < -0.39 is 18.7 Å². The number of hydrogen-bond acceptors (Lipinski definition) is 3. The third-order valence-corrected chi connectivity index (χ3v) is 6.51. The molecule has 0 aliphatic heterocycles. The van der Waals surface area contributed by atoms with Crippen LogP contribution in [0.1, 0.15) is 17.3 Å². The van der Waals surface area contributed by atoms with Crippen molar-refractivity contribution in [1.29, 1.82) is 0 Å². The first-order chi connectivity index (χ1) is 7.33. The van der Waals surface area contributed by atoms with E-state index in [1.54, 1.807) is 18.2 Å². The number of carbonyl (C=O) groups excluding carboxylic acids is 1. The lowest BCUT2D eigenvalue weighted by Crippen LogP contribution is -2.36. The molecule has 16 heavy (non-hydrogen) atoms. The monoisotopic (exact) mass is 324 g/mol. The van der Waals surface area contributed by atoms with Crippen molar-refractivity contribution in [3.63, 3.8) is 0 Å². The van der Waals surface area contributed by atoms with Gasteiger partial charge in [-0.15, -0.1) is 0 Å². The third kappa shape index (κ3) is 2.47. The molecule has 0 heterocycles. The molecule has 0 unspecified atom stereocenters. The molecule has 0 saturated heterocycles. The van der Waals surface area contributed by atoms with Crippen LogP contribution in [-0.2, 0) is 9.84 Å². The number of sulfone groups is 1. The van der Waals surface area contributed by atoms with Crippen molar-refractivity contribution in [2.24, 2.45) is 0 Å². The lowest BCUT2D eigenvalue weighted by atomic mass is 10.1. The van der Waals surface area contributed by atoms with E-state index in [1.165, 1.54) is 19.1 Å². The highest BCUT2D eigenvalue weighted by Crippen LogP contribution is 2.34. The summed E-state index contributed by atoms with van der Waals surface area (Å²) in [6.07, 6.45) is 0. The number of ketones is 1. The fraction of sp³-hybridized carbons (Fsp3) is 0.300. The lowest BCUT2D eigenvalue weighted by molar-refractivity contribution is 0.1000. The van der Waals surface area contributed by atoms with Gasteiger partial charge in [0.05, 0.1) is 5.75 Å². The third-order valence-electron chi connectivity index (χ3n) is 2.07. The molecule has 1 aromatic rings. The van der Waals surface area contributed by atoms with Crippen molar-refractivity contribution < 1.29 is 13.2 Å². The van der Waals surface area contributed by atoms with Crippen molar-refractivity contribution in [2.45, 2.75) is 10.0 Å². The summed E-state index contributed by atoms with van der Waals surface area (Å²) < 4.78 is 21.2. The molecular weight excluding hydrogens is 316 g/mol.